The van der Waals surface area contributed by atoms with E-state index >= 15 is 0 Å². The van der Waals surface area contributed by atoms with Crippen LogP contribution in [0.3, 0.4) is 0 Å². The second-order valence-electron chi connectivity index (χ2n) is 6.20. The SMILES string of the molecule is Cc1ccc(C)c(C(=O)NC2(C(=O)O)CCCCC2C)c1. The van der Waals surface area contributed by atoms with Crippen molar-refractivity contribution >= 4 is 11.9 Å². The van der Waals surface area contributed by atoms with Gasteiger partial charge in [0.05, 0.1) is 0 Å². The Bertz CT molecular complexity index is 567. The lowest BCUT2D eigenvalue weighted by Crippen LogP contribution is -2.60. The van der Waals surface area contributed by atoms with Crippen LogP contribution in [0.25, 0.3) is 0 Å². The van der Waals surface area contributed by atoms with Crippen LogP contribution in [0.5, 0.6) is 0 Å². The van der Waals surface area contributed by atoms with Crippen molar-refractivity contribution < 1.29 is 14.7 Å². The van der Waals surface area contributed by atoms with E-state index in [1.54, 1.807) is 0 Å². The van der Waals surface area contributed by atoms with Crippen LogP contribution in [-0.4, -0.2) is 22.5 Å². The number of carbonyl (C=O) groups is 2. The zero-order chi connectivity index (χ0) is 15.6. The number of carboxylic acid groups (broad SMARTS) is 1. The van der Waals surface area contributed by atoms with Gasteiger partial charge >= 0.3 is 5.97 Å². The molecule has 1 aliphatic rings. The second kappa shape index (κ2) is 5.88. The highest BCUT2D eigenvalue weighted by Crippen LogP contribution is 2.34. The quantitative estimate of drug-likeness (QED) is 0.898. The first-order valence-electron chi connectivity index (χ1n) is 7.50. The molecule has 2 unspecified atom stereocenters. The monoisotopic (exact) mass is 289 g/mol. The molecular weight excluding hydrogens is 266 g/mol. The molecule has 0 aromatic heterocycles. The zero-order valence-corrected chi connectivity index (χ0v) is 12.9. The number of nitrogens with one attached hydrogen (secondary N) is 1. The molecule has 0 heterocycles. The Kier molecular flexibility index (Phi) is 4.35. The average Bonchev–Trinajstić information content (AvgIpc) is 2.43. The summed E-state index contributed by atoms with van der Waals surface area (Å²) < 4.78 is 0. The number of hydrogen-bond donors (Lipinski definition) is 2. The van der Waals surface area contributed by atoms with Gasteiger partial charge in [-0.05, 0) is 44.2 Å². The van der Waals surface area contributed by atoms with E-state index in [4.69, 9.17) is 0 Å². The largest absolute Gasteiger partial charge is 0.479 e. The van der Waals surface area contributed by atoms with E-state index in [9.17, 15) is 14.7 Å². The van der Waals surface area contributed by atoms with Gasteiger partial charge in [-0.2, -0.15) is 0 Å². The summed E-state index contributed by atoms with van der Waals surface area (Å²) in [6.07, 6.45) is 3.19. The van der Waals surface area contributed by atoms with Crippen LogP contribution in [0.15, 0.2) is 18.2 Å². The Labute approximate surface area is 125 Å². The van der Waals surface area contributed by atoms with Crippen molar-refractivity contribution in [1.29, 1.82) is 0 Å². The van der Waals surface area contributed by atoms with Gasteiger partial charge < -0.3 is 10.4 Å². The Balaban J connectivity index is 2.31. The maximum Gasteiger partial charge on any atom is 0.329 e. The molecule has 0 saturated heterocycles. The second-order valence-corrected chi connectivity index (χ2v) is 6.20. The van der Waals surface area contributed by atoms with E-state index in [1.807, 2.05) is 39.0 Å². The number of aliphatic carboxylic acids is 1. The summed E-state index contributed by atoms with van der Waals surface area (Å²) in [5.74, 6) is -1.27. The van der Waals surface area contributed by atoms with Gasteiger partial charge in [-0.15, -0.1) is 0 Å². The van der Waals surface area contributed by atoms with Gasteiger partial charge in [0.15, 0.2) is 0 Å². The smallest absolute Gasteiger partial charge is 0.329 e. The normalized spacial score (nSPS) is 25.4. The van der Waals surface area contributed by atoms with E-state index in [1.165, 1.54) is 0 Å². The number of benzene rings is 1. The van der Waals surface area contributed by atoms with Gasteiger partial charge in [-0.1, -0.05) is 37.5 Å². The summed E-state index contributed by atoms with van der Waals surface area (Å²) in [5.41, 5.74) is 1.29. The molecule has 0 bridgehead atoms. The summed E-state index contributed by atoms with van der Waals surface area (Å²) in [6, 6.07) is 5.65. The number of carboxylic acids is 1. The third-order valence-electron chi connectivity index (χ3n) is 4.66. The summed E-state index contributed by atoms with van der Waals surface area (Å²) in [4.78, 5) is 24.4. The Hall–Kier alpha value is -1.84. The highest BCUT2D eigenvalue weighted by Gasteiger charge is 2.46. The highest BCUT2D eigenvalue weighted by atomic mass is 16.4. The molecular formula is C17H23NO3. The van der Waals surface area contributed by atoms with Crippen molar-refractivity contribution in [1.82, 2.24) is 5.32 Å². The zero-order valence-electron chi connectivity index (χ0n) is 12.9. The first-order valence-corrected chi connectivity index (χ1v) is 7.50. The molecule has 0 aliphatic heterocycles. The van der Waals surface area contributed by atoms with E-state index in [2.05, 4.69) is 5.32 Å². The Morgan fingerprint density at radius 3 is 2.62 bits per heavy atom. The van der Waals surface area contributed by atoms with Crippen LogP contribution in [0.1, 0.15) is 54.1 Å². The third kappa shape index (κ3) is 2.94. The number of hydrogen-bond acceptors (Lipinski definition) is 2. The molecule has 4 nitrogen and oxygen atoms in total. The predicted molar refractivity (Wildman–Crippen MR) is 81.4 cm³/mol. The van der Waals surface area contributed by atoms with Crippen LogP contribution >= 0.6 is 0 Å². The van der Waals surface area contributed by atoms with Gasteiger partial charge in [0.1, 0.15) is 5.54 Å². The molecule has 0 radical (unpaired) electrons. The molecule has 1 amide bonds. The number of rotatable bonds is 3. The Morgan fingerprint density at radius 2 is 2.00 bits per heavy atom. The molecule has 1 aromatic rings. The van der Waals surface area contributed by atoms with Crippen LogP contribution in [0.2, 0.25) is 0 Å². The standard InChI is InChI=1S/C17H23NO3/c1-11-7-8-12(2)14(10-11)15(19)18-17(16(20)21)9-5-4-6-13(17)3/h7-8,10,13H,4-6,9H2,1-3H3,(H,18,19)(H,20,21). The molecule has 1 aromatic carbocycles. The topological polar surface area (TPSA) is 66.4 Å². The third-order valence-corrected chi connectivity index (χ3v) is 4.66. The molecule has 1 aliphatic carbocycles. The van der Waals surface area contributed by atoms with Crippen molar-refractivity contribution in [2.75, 3.05) is 0 Å². The van der Waals surface area contributed by atoms with Gasteiger partial charge in [-0.3, -0.25) is 4.79 Å². The molecule has 1 saturated carbocycles. The maximum absolute atomic E-state index is 12.6. The lowest BCUT2D eigenvalue weighted by molar-refractivity contribution is -0.148. The summed E-state index contributed by atoms with van der Waals surface area (Å²) in [5, 5.41) is 12.5. The molecule has 0 spiro atoms. The summed E-state index contributed by atoms with van der Waals surface area (Å²) >= 11 is 0. The fourth-order valence-corrected chi connectivity index (χ4v) is 3.15. The van der Waals surface area contributed by atoms with Gasteiger partial charge in [0.25, 0.3) is 5.91 Å². The van der Waals surface area contributed by atoms with E-state index in [0.29, 0.717) is 12.0 Å². The molecule has 21 heavy (non-hydrogen) atoms. The van der Waals surface area contributed by atoms with E-state index in [0.717, 1.165) is 30.4 Å². The average molecular weight is 289 g/mol. The van der Waals surface area contributed by atoms with Crippen LogP contribution < -0.4 is 5.32 Å². The molecule has 2 atom stereocenters. The maximum atomic E-state index is 12.6. The summed E-state index contributed by atoms with van der Waals surface area (Å²) in [7, 11) is 0. The fraction of sp³-hybridized carbons (Fsp3) is 0.529. The summed E-state index contributed by atoms with van der Waals surface area (Å²) in [6.45, 7) is 5.70. The van der Waals surface area contributed by atoms with Gasteiger partial charge in [0.2, 0.25) is 0 Å². The van der Waals surface area contributed by atoms with Gasteiger partial charge in [0, 0.05) is 5.56 Å². The van der Waals surface area contributed by atoms with Crippen molar-refractivity contribution in [2.45, 2.75) is 52.0 Å². The lowest BCUT2D eigenvalue weighted by atomic mass is 9.73. The first-order chi connectivity index (χ1) is 9.86. The molecule has 114 valence electrons. The fourth-order valence-electron chi connectivity index (χ4n) is 3.15. The van der Waals surface area contributed by atoms with Crippen molar-refractivity contribution in [3.8, 4) is 0 Å². The Morgan fingerprint density at radius 1 is 1.29 bits per heavy atom. The van der Waals surface area contributed by atoms with Crippen LogP contribution in [0.4, 0.5) is 0 Å². The number of aryl methyl sites for hydroxylation is 2. The minimum atomic E-state index is -1.13. The molecule has 4 heteroatoms. The molecule has 1 fully saturated rings. The molecule has 2 rings (SSSR count). The predicted octanol–water partition coefficient (Wildman–Crippen LogP) is 3.07. The van der Waals surface area contributed by atoms with Gasteiger partial charge in [-0.25, -0.2) is 4.79 Å². The van der Waals surface area contributed by atoms with Crippen molar-refractivity contribution in [2.24, 2.45) is 5.92 Å². The number of carbonyl (C=O) groups excluding carboxylic acids is 1. The number of amides is 1. The van der Waals surface area contributed by atoms with Crippen molar-refractivity contribution in [3.63, 3.8) is 0 Å². The minimum Gasteiger partial charge on any atom is -0.479 e. The van der Waals surface area contributed by atoms with Crippen LogP contribution in [-0.2, 0) is 4.79 Å². The minimum absolute atomic E-state index is 0.0576. The lowest BCUT2D eigenvalue weighted by Gasteiger charge is -2.39. The molecule has 2 N–H and O–H groups in total. The van der Waals surface area contributed by atoms with E-state index in [-0.39, 0.29) is 11.8 Å². The highest BCUT2D eigenvalue weighted by molar-refractivity contribution is 5.99. The van der Waals surface area contributed by atoms with Crippen molar-refractivity contribution in [3.05, 3.63) is 34.9 Å². The van der Waals surface area contributed by atoms with Crippen LogP contribution in [0, 0.1) is 19.8 Å². The first kappa shape index (κ1) is 15.5. The van der Waals surface area contributed by atoms with E-state index < -0.39 is 11.5 Å².